The van der Waals surface area contributed by atoms with Gasteiger partial charge in [-0.05, 0) is 0 Å². The van der Waals surface area contributed by atoms with E-state index in [1.807, 2.05) is 0 Å². The smallest absolute Gasteiger partial charge is 0.382 e. The zero-order valence-corrected chi connectivity index (χ0v) is 27.9. The fourth-order valence-corrected chi connectivity index (χ4v) is 8.74. The first-order valence-corrected chi connectivity index (χ1v) is 19.1. The minimum Gasteiger partial charge on any atom is -0.382 e. The Kier molecular flexibility index (Phi) is 8.63. The maximum absolute atomic E-state index is 13.8. The molecule has 0 amide bonds. The van der Waals surface area contributed by atoms with Crippen LogP contribution in [0.25, 0.3) is 22.3 Å². The van der Waals surface area contributed by atoms with E-state index >= 15 is 0 Å². The zero-order chi connectivity index (χ0) is 33.2. The number of rotatable bonds is 4. The van der Waals surface area contributed by atoms with Crippen LogP contribution in [0.2, 0.25) is 0 Å². The van der Waals surface area contributed by atoms with E-state index in [1.54, 1.807) is 0 Å². The van der Waals surface area contributed by atoms with E-state index in [0.29, 0.717) is 11.2 Å². The highest BCUT2D eigenvalue weighted by Crippen LogP contribution is 2.60. The maximum atomic E-state index is 13.8. The number of ether oxygens (including phenoxy) is 4. The summed E-state index contributed by atoms with van der Waals surface area (Å²) in [4.78, 5) is 35.5. The van der Waals surface area contributed by atoms with Crippen molar-refractivity contribution in [2.24, 2.45) is 0 Å². The number of methoxy groups -OCH3 is 2. The second kappa shape index (κ2) is 12.3. The fourth-order valence-electron chi connectivity index (χ4n) is 5.80. The Balaban J connectivity index is 1.23. The average molecular weight is 735 g/mol. The number of H-pyrrole nitrogens is 1. The van der Waals surface area contributed by atoms with Crippen LogP contribution < -0.4 is 17.0 Å². The molecule has 10 atom stereocenters. The third kappa shape index (κ3) is 5.97. The topological polar surface area (TPSA) is 267 Å². The fraction of sp³-hybridized carbons (Fsp3) is 0.545. The minimum atomic E-state index is -4.28. The Labute approximate surface area is 274 Å². The number of aromatic nitrogens is 8. The van der Waals surface area contributed by atoms with Gasteiger partial charge in [-0.2, -0.15) is 4.98 Å². The van der Waals surface area contributed by atoms with Gasteiger partial charge >= 0.3 is 13.6 Å². The van der Waals surface area contributed by atoms with Gasteiger partial charge in [-0.15, -0.1) is 0 Å². The lowest BCUT2D eigenvalue weighted by atomic mass is 10.1. The monoisotopic (exact) mass is 734 g/mol. The zero-order valence-electron chi connectivity index (χ0n) is 24.3. The summed E-state index contributed by atoms with van der Waals surface area (Å²) in [5, 5.41) is 0. The summed E-state index contributed by atoms with van der Waals surface area (Å²) in [6, 6.07) is 0. The second-order valence-corrected chi connectivity index (χ2v) is 16.3. The van der Waals surface area contributed by atoms with Gasteiger partial charge in [0.1, 0.15) is 48.5 Å². The number of nitrogens with one attached hydrogen (secondary N) is 1. The van der Waals surface area contributed by atoms with Crippen molar-refractivity contribution in [2.75, 3.05) is 38.9 Å². The third-order valence-electron chi connectivity index (χ3n) is 7.82. The number of thiol groups is 2. The van der Waals surface area contributed by atoms with E-state index in [2.05, 4.69) is 54.4 Å². The largest absolute Gasteiger partial charge is 0.386 e. The quantitative estimate of drug-likeness (QED) is 0.144. The number of anilines is 2. The molecule has 3 aliphatic heterocycles. The molecule has 3 saturated heterocycles. The lowest BCUT2D eigenvalue weighted by Crippen LogP contribution is -2.37. The van der Waals surface area contributed by atoms with Gasteiger partial charge in [0, 0.05) is 14.2 Å². The van der Waals surface area contributed by atoms with Crippen LogP contribution in [0.5, 0.6) is 0 Å². The summed E-state index contributed by atoms with van der Waals surface area (Å²) in [5.41, 5.74) is 11.8. The first-order chi connectivity index (χ1) is 22.4. The molecule has 7 heterocycles. The van der Waals surface area contributed by atoms with Crippen LogP contribution in [0.4, 0.5) is 11.8 Å². The average Bonchev–Trinajstić information content (AvgIpc) is 3.78. The van der Waals surface area contributed by atoms with Crippen molar-refractivity contribution in [1.82, 2.24) is 39.0 Å². The van der Waals surface area contributed by atoms with Crippen LogP contribution in [0.3, 0.4) is 0 Å². The van der Waals surface area contributed by atoms with E-state index in [4.69, 9.17) is 48.5 Å². The van der Waals surface area contributed by atoms with Crippen LogP contribution in [-0.4, -0.2) is 103 Å². The molecule has 0 radical (unpaired) electrons. The van der Waals surface area contributed by atoms with Gasteiger partial charge in [-0.1, -0.05) is 24.5 Å². The molecule has 0 spiro atoms. The van der Waals surface area contributed by atoms with Gasteiger partial charge in [-0.3, -0.25) is 37.0 Å². The van der Waals surface area contributed by atoms with Crippen molar-refractivity contribution >= 4 is 72.2 Å². The maximum Gasteiger partial charge on any atom is 0.386 e. The summed E-state index contributed by atoms with van der Waals surface area (Å²) in [6.45, 7) is -9.36. The van der Waals surface area contributed by atoms with Crippen molar-refractivity contribution in [2.45, 2.75) is 49.1 Å². The number of nitrogens with zero attached hydrogens (tertiary/aromatic N) is 7. The number of nitrogen functional groups attached to an aromatic ring is 2. The number of fused-ring (bicyclic) bond motifs is 5. The molecular formula is C22H28N10O11P2S2. The first kappa shape index (κ1) is 32.9. The SMILES string of the molecule is COC1C2CO[P@](=O)(S)OC3C(CO[P@](=O)(S)OC1C(n1cnc4c(=O)[nH]c(N)nc41)O2)OC(n1cnc2c(N)ncnc21)C3OC. The van der Waals surface area contributed by atoms with Crippen molar-refractivity contribution < 1.29 is 46.2 Å². The Morgan fingerprint density at radius 2 is 1.47 bits per heavy atom. The number of nitrogens with two attached hydrogens (primary N) is 2. The molecule has 3 fully saturated rings. The van der Waals surface area contributed by atoms with Crippen LogP contribution in [0.15, 0.2) is 23.8 Å². The summed E-state index contributed by atoms with van der Waals surface area (Å²) < 4.78 is 77.5. The van der Waals surface area contributed by atoms with E-state index in [1.165, 1.54) is 42.3 Å². The molecule has 254 valence electrons. The Morgan fingerprint density at radius 3 is 2.17 bits per heavy atom. The van der Waals surface area contributed by atoms with Gasteiger partial charge < -0.3 is 30.4 Å². The lowest BCUT2D eigenvalue weighted by molar-refractivity contribution is -0.0598. The number of imidazole rings is 2. The summed E-state index contributed by atoms with van der Waals surface area (Å²) in [5.74, 6) is -0.0386. The Hall–Kier alpha value is -2.66. The standard InChI is InChI=1S/C22H28N10O11P2S2/c1-36-12-8-3-38-44(34,46)42-13-9(41-20(14(13)37-2)31-6-27-10-16(23)25-5-26-17(10)31)4-39-45(35,47)43-15(12)21(40-8)32-7-28-11-18(32)29-22(24)30-19(11)33/h5-9,12-15,20-21H,3-4H2,1-2H3,(H,34,46)(H,35,47)(H2,23,25,26)(H3,24,29,30,33)/t8?,9?,12?,13?,14?,15?,20?,21?,44-,45-/m0/s1. The van der Waals surface area contributed by atoms with Crippen LogP contribution in [-0.2, 0) is 46.2 Å². The van der Waals surface area contributed by atoms with Crippen molar-refractivity contribution in [3.63, 3.8) is 0 Å². The summed E-state index contributed by atoms with van der Waals surface area (Å²) in [6.07, 6.45) is -4.66. The lowest BCUT2D eigenvalue weighted by Gasteiger charge is -2.27. The Bertz CT molecular complexity index is 1980. The first-order valence-electron chi connectivity index (χ1n) is 13.7. The van der Waals surface area contributed by atoms with Crippen LogP contribution in [0, 0.1) is 0 Å². The normalized spacial score (nSPS) is 36.6. The van der Waals surface area contributed by atoms with Gasteiger partial charge in [0.2, 0.25) is 5.95 Å². The Morgan fingerprint density at radius 1 is 0.851 bits per heavy atom. The number of hydrogen-bond donors (Lipinski definition) is 5. The molecule has 4 aromatic heterocycles. The molecule has 8 unspecified atom stereocenters. The van der Waals surface area contributed by atoms with Gasteiger partial charge in [0.05, 0.1) is 25.9 Å². The molecule has 5 N–H and O–H groups in total. The highest BCUT2D eigenvalue weighted by atomic mass is 32.7. The van der Waals surface area contributed by atoms with Crippen LogP contribution in [0.1, 0.15) is 12.5 Å². The summed E-state index contributed by atoms with van der Waals surface area (Å²) >= 11 is 8.43. The van der Waals surface area contributed by atoms with Crippen molar-refractivity contribution in [1.29, 1.82) is 0 Å². The van der Waals surface area contributed by atoms with E-state index in [-0.39, 0.29) is 22.9 Å². The molecule has 0 aliphatic carbocycles. The van der Waals surface area contributed by atoms with Crippen molar-refractivity contribution in [3.05, 3.63) is 29.3 Å². The number of aromatic amines is 1. The molecule has 7 rings (SSSR count). The molecule has 0 saturated carbocycles. The van der Waals surface area contributed by atoms with E-state index in [9.17, 15) is 13.9 Å². The van der Waals surface area contributed by atoms with E-state index in [0.717, 1.165) is 0 Å². The predicted molar refractivity (Wildman–Crippen MR) is 167 cm³/mol. The van der Waals surface area contributed by atoms with E-state index < -0.39 is 81.4 Å². The molecule has 21 nitrogen and oxygen atoms in total. The number of hydrogen-bond acceptors (Lipinski definition) is 18. The highest BCUT2D eigenvalue weighted by Gasteiger charge is 2.54. The molecule has 25 heteroatoms. The second-order valence-electron chi connectivity index (χ2n) is 10.6. The molecular weight excluding hydrogens is 706 g/mol. The molecule has 4 aromatic rings. The van der Waals surface area contributed by atoms with Gasteiger partial charge in [0.25, 0.3) is 5.56 Å². The summed E-state index contributed by atoms with van der Waals surface area (Å²) in [7, 11) is 2.74. The predicted octanol–water partition coefficient (Wildman–Crippen LogP) is 0.842. The van der Waals surface area contributed by atoms with Gasteiger partial charge in [0.15, 0.2) is 35.1 Å². The molecule has 3 aliphatic rings. The van der Waals surface area contributed by atoms with Crippen LogP contribution >= 0.6 is 38.1 Å². The highest BCUT2D eigenvalue weighted by molar-refractivity contribution is 8.44. The van der Waals surface area contributed by atoms with Gasteiger partial charge in [-0.25, -0.2) is 29.1 Å². The minimum absolute atomic E-state index is 0.0402. The molecule has 0 aromatic carbocycles. The van der Waals surface area contributed by atoms with Crippen molar-refractivity contribution in [3.8, 4) is 0 Å². The molecule has 47 heavy (non-hydrogen) atoms. The molecule has 2 bridgehead atoms. The third-order valence-corrected chi connectivity index (χ3v) is 11.0.